The van der Waals surface area contributed by atoms with E-state index in [1.54, 1.807) is 36.2 Å². The molecule has 1 fully saturated rings. The highest BCUT2D eigenvalue weighted by Gasteiger charge is 2.31. The number of carbonyl (C=O) groups is 2. The van der Waals surface area contributed by atoms with Crippen LogP contribution in [0.5, 0.6) is 0 Å². The van der Waals surface area contributed by atoms with E-state index in [9.17, 15) is 22.8 Å². The van der Waals surface area contributed by atoms with Crippen LogP contribution < -0.4 is 5.32 Å². The Morgan fingerprint density at radius 1 is 1.14 bits per heavy atom. The van der Waals surface area contributed by atoms with Crippen LogP contribution in [0, 0.1) is 5.92 Å². The molecule has 6 nitrogen and oxygen atoms in total. The lowest BCUT2D eigenvalue weighted by Crippen LogP contribution is -2.44. The zero-order chi connectivity index (χ0) is 26.5. The van der Waals surface area contributed by atoms with Crippen LogP contribution in [0.2, 0.25) is 0 Å². The van der Waals surface area contributed by atoms with Gasteiger partial charge in [0.2, 0.25) is 0 Å². The molecule has 1 aliphatic heterocycles. The Kier molecular flexibility index (Phi) is 8.86. The van der Waals surface area contributed by atoms with Crippen molar-refractivity contribution in [3.05, 3.63) is 71.9 Å². The molecule has 3 rings (SSSR count). The summed E-state index contributed by atoms with van der Waals surface area (Å²) in [6.45, 7) is 4.64. The third-order valence-corrected chi connectivity index (χ3v) is 6.58. The third kappa shape index (κ3) is 6.50. The molecule has 0 aliphatic carbocycles. The Bertz CT molecular complexity index is 1130. The highest BCUT2D eigenvalue weighted by atomic mass is 32.1. The summed E-state index contributed by atoms with van der Waals surface area (Å²) in [7, 11) is 1.56. The summed E-state index contributed by atoms with van der Waals surface area (Å²) in [5.74, 6) is -0.603. The maximum absolute atomic E-state index is 13.3. The van der Waals surface area contributed by atoms with E-state index in [4.69, 9.17) is 17.3 Å². The summed E-state index contributed by atoms with van der Waals surface area (Å²) in [5, 5.41) is 11.9. The molecular weight excluding hydrogens is 491 g/mol. The first-order valence-corrected chi connectivity index (χ1v) is 11.9. The van der Waals surface area contributed by atoms with E-state index in [2.05, 4.69) is 11.9 Å². The van der Waals surface area contributed by atoms with Crippen molar-refractivity contribution < 1.29 is 27.9 Å². The van der Waals surface area contributed by atoms with Crippen molar-refractivity contribution in [3.8, 4) is 11.1 Å². The normalized spacial score (nSPS) is 14.3. The molecule has 0 atom stereocenters. The van der Waals surface area contributed by atoms with Gasteiger partial charge in [-0.2, -0.15) is 13.2 Å². The number of thiocarbonyl (C=S) groups is 1. The monoisotopic (exact) mass is 519 g/mol. The van der Waals surface area contributed by atoms with Gasteiger partial charge in [0, 0.05) is 38.2 Å². The molecule has 0 spiro atoms. The zero-order valence-electron chi connectivity index (χ0n) is 19.8. The van der Waals surface area contributed by atoms with Gasteiger partial charge in [-0.15, -0.1) is 0 Å². The number of amides is 2. The van der Waals surface area contributed by atoms with Crippen molar-refractivity contribution in [1.29, 1.82) is 0 Å². The number of hydrogen-bond donors (Lipinski definition) is 2. The van der Waals surface area contributed by atoms with Crippen LogP contribution in [0.15, 0.2) is 60.8 Å². The van der Waals surface area contributed by atoms with Gasteiger partial charge in [-0.3, -0.25) is 9.59 Å². The van der Waals surface area contributed by atoms with Crippen LogP contribution >= 0.6 is 12.2 Å². The number of likely N-dealkylation sites (tertiary alicyclic amines) is 1. The summed E-state index contributed by atoms with van der Waals surface area (Å²) in [6.07, 6.45) is -3.25. The molecule has 0 radical (unpaired) electrons. The minimum Gasteiger partial charge on any atom is -0.395 e. The topological polar surface area (TPSA) is 72.9 Å². The Hall–Kier alpha value is -3.24. The molecule has 0 unspecified atom stereocenters. The van der Waals surface area contributed by atoms with Crippen molar-refractivity contribution >= 4 is 29.0 Å². The summed E-state index contributed by atoms with van der Waals surface area (Å²) < 4.78 is 38.8. The van der Waals surface area contributed by atoms with E-state index in [-0.39, 0.29) is 36.6 Å². The van der Waals surface area contributed by atoms with Crippen molar-refractivity contribution in [2.45, 2.75) is 19.0 Å². The second-order valence-electron chi connectivity index (χ2n) is 8.61. The fourth-order valence-electron chi connectivity index (χ4n) is 4.06. The van der Waals surface area contributed by atoms with Gasteiger partial charge in [0.15, 0.2) is 0 Å². The molecule has 1 saturated heterocycles. The second-order valence-corrected chi connectivity index (χ2v) is 9.05. The van der Waals surface area contributed by atoms with E-state index < -0.39 is 11.7 Å². The molecule has 2 N–H and O–H groups in total. The number of nitrogens with zero attached hydrogens (tertiary/aromatic N) is 2. The third-order valence-electron chi connectivity index (χ3n) is 6.15. The van der Waals surface area contributed by atoms with Gasteiger partial charge < -0.3 is 20.2 Å². The predicted octanol–water partition coefficient (Wildman–Crippen LogP) is 4.11. The zero-order valence-corrected chi connectivity index (χ0v) is 20.7. The first kappa shape index (κ1) is 27.3. The smallest absolute Gasteiger partial charge is 0.395 e. The second kappa shape index (κ2) is 11.7. The minimum absolute atomic E-state index is 0.0399. The van der Waals surface area contributed by atoms with E-state index in [1.165, 1.54) is 17.0 Å². The largest absolute Gasteiger partial charge is 0.416 e. The van der Waals surface area contributed by atoms with Gasteiger partial charge in [0.05, 0.1) is 22.9 Å². The minimum atomic E-state index is -4.43. The molecule has 192 valence electrons. The van der Waals surface area contributed by atoms with Gasteiger partial charge in [-0.1, -0.05) is 49.1 Å². The fourth-order valence-corrected chi connectivity index (χ4v) is 4.42. The molecule has 2 amide bonds. The maximum atomic E-state index is 13.3. The molecule has 1 aliphatic rings. The average Bonchev–Trinajstić information content (AvgIpc) is 2.87. The fraction of sp³-hybridized carbons (Fsp3) is 0.346. The summed E-state index contributed by atoms with van der Waals surface area (Å²) in [4.78, 5) is 29.1. The first-order chi connectivity index (χ1) is 17.0. The Labute approximate surface area is 213 Å². The molecule has 10 heteroatoms. The van der Waals surface area contributed by atoms with Gasteiger partial charge in [0.25, 0.3) is 11.8 Å². The highest BCUT2D eigenvalue weighted by molar-refractivity contribution is 7.80. The summed E-state index contributed by atoms with van der Waals surface area (Å²) in [5.41, 5.74) is 0.896. The molecule has 1 heterocycles. The number of rotatable bonds is 7. The quantitative estimate of drug-likeness (QED) is 0.426. The van der Waals surface area contributed by atoms with E-state index >= 15 is 0 Å². The molecule has 2 aromatic carbocycles. The van der Waals surface area contributed by atoms with Gasteiger partial charge in [0.1, 0.15) is 0 Å². The van der Waals surface area contributed by atoms with E-state index in [1.807, 2.05) is 0 Å². The number of aliphatic hydroxyl groups excluding tert-OH is 1. The molecule has 0 bridgehead atoms. The average molecular weight is 520 g/mol. The highest BCUT2D eigenvalue weighted by Crippen LogP contribution is 2.32. The predicted molar refractivity (Wildman–Crippen MR) is 135 cm³/mol. The standard InChI is InChI=1S/C26H28F3N3O3S/c1-17(24(34)31(2)15-16-33)30-23(36)19-11-13-32(14-12-19)25(35)22-6-4-3-5-21(22)18-7-9-20(10-8-18)26(27,28)29/h3-10,19,33H,1,11-16H2,2H3,(H,30,36). The van der Waals surface area contributed by atoms with Crippen LogP contribution in [0.25, 0.3) is 11.1 Å². The summed E-state index contributed by atoms with van der Waals surface area (Å²) >= 11 is 5.46. The van der Waals surface area contributed by atoms with Gasteiger partial charge in [-0.05, 0) is 42.2 Å². The van der Waals surface area contributed by atoms with Crippen LogP contribution in [0.1, 0.15) is 28.8 Å². The number of hydrogen-bond acceptors (Lipinski definition) is 4. The van der Waals surface area contributed by atoms with Crippen LogP contribution in [-0.4, -0.2) is 65.0 Å². The molecular formula is C26H28F3N3O3S. The van der Waals surface area contributed by atoms with Crippen molar-refractivity contribution in [3.63, 3.8) is 0 Å². The van der Waals surface area contributed by atoms with Gasteiger partial charge in [-0.25, -0.2) is 0 Å². The number of benzene rings is 2. The molecule has 0 saturated carbocycles. The lowest BCUT2D eigenvalue weighted by molar-refractivity contribution is -0.137. The van der Waals surface area contributed by atoms with Crippen molar-refractivity contribution in [2.75, 3.05) is 33.3 Å². The van der Waals surface area contributed by atoms with E-state index in [0.717, 1.165) is 12.1 Å². The number of halogens is 3. The number of carbonyl (C=O) groups excluding carboxylic acids is 2. The lowest BCUT2D eigenvalue weighted by atomic mass is 9.94. The molecule has 36 heavy (non-hydrogen) atoms. The van der Waals surface area contributed by atoms with Crippen molar-refractivity contribution in [2.24, 2.45) is 5.92 Å². The lowest BCUT2D eigenvalue weighted by Gasteiger charge is -2.33. The molecule has 0 aromatic heterocycles. The van der Waals surface area contributed by atoms with Crippen LogP contribution in [0.4, 0.5) is 13.2 Å². The van der Waals surface area contributed by atoms with Crippen molar-refractivity contribution in [1.82, 2.24) is 15.1 Å². The number of alkyl halides is 3. The number of aliphatic hydroxyl groups is 1. The number of piperidine rings is 1. The summed E-state index contributed by atoms with van der Waals surface area (Å²) in [6, 6.07) is 11.6. The SMILES string of the molecule is C=C(NC(=S)C1CCN(C(=O)c2ccccc2-c2ccc(C(F)(F)F)cc2)CC1)C(=O)N(C)CCO. The van der Waals surface area contributed by atoms with Crippen LogP contribution in [0.3, 0.4) is 0 Å². The Morgan fingerprint density at radius 3 is 2.33 bits per heavy atom. The van der Waals surface area contributed by atoms with E-state index in [0.29, 0.717) is 47.6 Å². The first-order valence-electron chi connectivity index (χ1n) is 11.4. The molecule has 2 aromatic rings. The van der Waals surface area contributed by atoms with Gasteiger partial charge >= 0.3 is 6.18 Å². The Balaban J connectivity index is 1.64. The van der Waals surface area contributed by atoms with Crippen LogP contribution in [-0.2, 0) is 11.0 Å². The number of likely N-dealkylation sites (N-methyl/N-ethyl adjacent to an activating group) is 1. The maximum Gasteiger partial charge on any atom is 0.416 e. The number of nitrogens with one attached hydrogen (secondary N) is 1. The Morgan fingerprint density at radius 2 is 1.75 bits per heavy atom.